The van der Waals surface area contributed by atoms with Crippen LogP contribution in [0.3, 0.4) is 0 Å². The molecule has 0 fully saturated rings. The van der Waals surface area contributed by atoms with Gasteiger partial charge in [0.25, 0.3) is 0 Å². The largest absolute Gasteiger partial charge is 0.327 e. The summed E-state index contributed by atoms with van der Waals surface area (Å²) in [6.07, 6.45) is 0.757. The highest BCUT2D eigenvalue weighted by molar-refractivity contribution is 7.91. The Bertz CT molecular complexity index is 359. The van der Waals surface area contributed by atoms with Gasteiger partial charge in [-0.3, -0.25) is 0 Å². The van der Waals surface area contributed by atoms with Crippen LogP contribution in [-0.2, 0) is 10.0 Å². The van der Waals surface area contributed by atoms with Gasteiger partial charge in [0.15, 0.2) is 0 Å². The SMILES string of the molecule is CCC(N)CNS(=O)(=O)c1cccs1. The summed E-state index contributed by atoms with van der Waals surface area (Å²) in [6, 6.07) is 3.16. The topological polar surface area (TPSA) is 72.2 Å². The van der Waals surface area contributed by atoms with Crippen LogP contribution in [0.25, 0.3) is 0 Å². The number of hydrogen-bond acceptors (Lipinski definition) is 4. The Hall–Kier alpha value is -0.430. The van der Waals surface area contributed by atoms with Gasteiger partial charge in [0.1, 0.15) is 4.21 Å². The highest BCUT2D eigenvalue weighted by Gasteiger charge is 2.15. The molecule has 1 atom stereocenters. The minimum atomic E-state index is -3.33. The van der Waals surface area contributed by atoms with Crippen LogP contribution < -0.4 is 10.5 Å². The zero-order valence-electron chi connectivity index (χ0n) is 7.93. The molecule has 6 heteroatoms. The van der Waals surface area contributed by atoms with Crippen molar-refractivity contribution in [2.75, 3.05) is 6.54 Å². The third kappa shape index (κ3) is 3.06. The average molecular weight is 234 g/mol. The van der Waals surface area contributed by atoms with E-state index >= 15 is 0 Å². The lowest BCUT2D eigenvalue weighted by atomic mass is 10.2. The fourth-order valence-electron chi connectivity index (χ4n) is 0.849. The van der Waals surface area contributed by atoms with E-state index in [4.69, 9.17) is 5.73 Å². The number of thiophene rings is 1. The van der Waals surface area contributed by atoms with Crippen LogP contribution >= 0.6 is 11.3 Å². The Balaban J connectivity index is 2.60. The minimum Gasteiger partial charge on any atom is -0.327 e. The van der Waals surface area contributed by atoms with Crippen LogP contribution in [0.15, 0.2) is 21.7 Å². The Morgan fingerprint density at radius 1 is 1.64 bits per heavy atom. The van der Waals surface area contributed by atoms with Gasteiger partial charge >= 0.3 is 0 Å². The zero-order chi connectivity index (χ0) is 10.6. The summed E-state index contributed by atoms with van der Waals surface area (Å²) in [6.45, 7) is 2.21. The predicted molar refractivity (Wildman–Crippen MR) is 57.8 cm³/mol. The summed E-state index contributed by atoms with van der Waals surface area (Å²) < 4.78 is 25.9. The Morgan fingerprint density at radius 3 is 2.86 bits per heavy atom. The first kappa shape index (κ1) is 11.6. The molecule has 0 aliphatic heterocycles. The van der Waals surface area contributed by atoms with E-state index in [-0.39, 0.29) is 12.6 Å². The van der Waals surface area contributed by atoms with Gasteiger partial charge in [0.2, 0.25) is 10.0 Å². The van der Waals surface area contributed by atoms with E-state index in [1.165, 1.54) is 11.3 Å². The van der Waals surface area contributed by atoms with Gasteiger partial charge in [0.05, 0.1) is 0 Å². The lowest BCUT2D eigenvalue weighted by Gasteiger charge is -2.09. The van der Waals surface area contributed by atoms with E-state index in [0.29, 0.717) is 4.21 Å². The maximum atomic E-state index is 11.6. The normalized spacial score (nSPS) is 14.1. The van der Waals surface area contributed by atoms with Crippen molar-refractivity contribution < 1.29 is 8.42 Å². The first-order valence-electron chi connectivity index (χ1n) is 4.35. The van der Waals surface area contributed by atoms with Gasteiger partial charge in [0, 0.05) is 12.6 Å². The molecule has 3 N–H and O–H groups in total. The molecule has 0 saturated heterocycles. The van der Waals surface area contributed by atoms with Crippen molar-refractivity contribution in [1.82, 2.24) is 4.72 Å². The van der Waals surface area contributed by atoms with Crippen molar-refractivity contribution in [3.05, 3.63) is 17.5 Å². The molecule has 80 valence electrons. The summed E-state index contributed by atoms with van der Waals surface area (Å²) in [4.78, 5) is 0. The first-order chi connectivity index (χ1) is 6.56. The van der Waals surface area contributed by atoms with Crippen LogP contribution in [0.2, 0.25) is 0 Å². The lowest BCUT2D eigenvalue weighted by molar-refractivity contribution is 0.566. The minimum absolute atomic E-state index is 0.121. The third-order valence-electron chi connectivity index (χ3n) is 1.82. The van der Waals surface area contributed by atoms with E-state index in [0.717, 1.165) is 6.42 Å². The van der Waals surface area contributed by atoms with Gasteiger partial charge in [-0.25, -0.2) is 13.1 Å². The molecule has 14 heavy (non-hydrogen) atoms. The average Bonchev–Trinajstić information content (AvgIpc) is 2.67. The van der Waals surface area contributed by atoms with Crippen LogP contribution in [0.5, 0.6) is 0 Å². The zero-order valence-corrected chi connectivity index (χ0v) is 9.57. The van der Waals surface area contributed by atoms with Crippen molar-refractivity contribution in [1.29, 1.82) is 0 Å². The summed E-state index contributed by atoms with van der Waals surface area (Å²) in [7, 11) is -3.33. The molecule has 1 heterocycles. The Labute approximate surface area is 88.2 Å². The van der Waals surface area contributed by atoms with Crippen molar-refractivity contribution in [3.8, 4) is 0 Å². The standard InChI is InChI=1S/C8H14N2O2S2/c1-2-7(9)6-10-14(11,12)8-4-3-5-13-8/h3-5,7,10H,2,6,9H2,1H3. The van der Waals surface area contributed by atoms with Crippen LogP contribution in [0.4, 0.5) is 0 Å². The fourth-order valence-corrected chi connectivity index (χ4v) is 2.98. The van der Waals surface area contributed by atoms with Crippen molar-refractivity contribution in [3.63, 3.8) is 0 Å². The summed E-state index contributed by atoms with van der Waals surface area (Å²) in [5, 5.41) is 1.73. The maximum absolute atomic E-state index is 11.6. The van der Waals surface area contributed by atoms with Crippen LogP contribution in [0, 0.1) is 0 Å². The highest BCUT2D eigenvalue weighted by Crippen LogP contribution is 2.14. The predicted octanol–water partition coefficient (Wildman–Crippen LogP) is 0.764. The monoisotopic (exact) mass is 234 g/mol. The van der Waals surface area contributed by atoms with Crippen molar-refractivity contribution >= 4 is 21.4 Å². The summed E-state index contributed by atoms with van der Waals surface area (Å²) in [5.74, 6) is 0. The number of nitrogens with one attached hydrogen (secondary N) is 1. The van der Waals surface area contributed by atoms with E-state index in [1.807, 2.05) is 6.92 Å². The second-order valence-corrected chi connectivity index (χ2v) is 5.89. The van der Waals surface area contributed by atoms with E-state index in [1.54, 1.807) is 17.5 Å². The number of sulfonamides is 1. The van der Waals surface area contributed by atoms with Gasteiger partial charge in [-0.05, 0) is 17.9 Å². The van der Waals surface area contributed by atoms with E-state index < -0.39 is 10.0 Å². The highest BCUT2D eigenvalue weighted by atomic mass is 32.2. The lowest BCUT2D eigenvalue weighted by Crippen LogP contribution is -2.36. The number of hydrogen-bond donors (Lipinski definition) is 2. The fraction of sp³-hybridized carbons (Fsp3) is 0.500. The van der Waals surface area contributed by atoms with Gasteiger partial charge in [-0.1, -0.05) is 13.0 Å². The van der Waals surface area contributed by atoms with E-state index in [2.05, 4.69) is 4.72 Å². The number of rotatable bonds is 5. The molecule has 0 spiro atoms. The molecule has 4 nitrogen and oxygen atoms in total. The molecule has 1 aromatic rings. The molecule has 0 amide bonds. The molecule has 0 aliphatic rings. The van der Waals surface area contributed by atoms with Gasteiger partial charge < -0.3 is 5.73 Å². The summed E-state index contributed by atoms with van der Waals surface area (Å²) in [5.41, 5.74) is 5.61. The van der Waals surface area contributed by atoms with Crippen LogP contribution in [-0.4, -0.2) is 21.0 Å². The molecule has 0 bridgehead atoms. The Kier molecular flexibility index (Phi) is 4.06. The van der Waals surface area contributed by atoms with Gasteiger partial charge in [-0.15, -0.1) is 11.3 Å². The molecule has 0 aliphatic carbocycles. The van der Waals surface area contributed by atoms with Crippen LogP contribution in [0.1, 0.15) is 13.3 Å². The first-order valence-corrected chi connectivity index (χ1v) is 6.71. The molecule has 1 aromatic heterocycles. The second kappa shape index (κ2) is 4.88. The molecule has 0 saturated carbocycles. The molecular formula is C8H14N2O2S2. The number of nitrogens with two attached hydrogens (primary N) is 1. The molecular weight excluding hydrogens is 220 g/mol. The van der Waals surface area contributed by atoms with Crippen molar-refractivity contribution in [2.45, 2.75) is 23.6 Å². The van der Waals surface area contributed by atoms with Gasteiger partial charge in [-0.2, -0.15) is 0 Å². The molecule has 1 unspecified atom stereocenters. The second-order valence-electron chi connectivity index (χ2n) is 2.95. The molecule has 0 radical (unpaired) electrons. The molecule has 1 rings (SSSR count). The quantitative estimate of drug-likeness (QED) is 0.790. The smallest absolute Gasteiger partial charge is 0.250 e. The summed E-state index contributed by atoms with van der Waals surface area (Å²) >= 11 is 1.20. The van der Waals surface area contributed by atoms with E-state index in [9.17, 15) is 8.42 Å². The van der Waals surface area contributed by atoms with Crippen molar-refractivity contribution in [2.24, 2.45) is 5.73 Å². The molecule has 0 aromatic carbocycles. The maximum Gasteiger partial charge on any atom is 0.250 e. The Morgan fingerprint density at radius 2 is 2.36 bits per heavy atom. The third-order valence-corrected chi connectivity index (χ3v) is 4.64.